The van der Waals surface area contributed by atoms with Crippen molar-refractivity contribution >= 4 is 37.8 Å². The van der Waals surface area contributed by atoms with Gasteiger partial charge in [0.05, 0.1) is 11.7 Å². The van der Waals surface area contributed by atoms with Gasteiger partial charge in [-0.15, -0.1) is 0 Å². The van der Waals surface area contributed by atoms with Crippen molar-refractivity contribution in [2.75, 3.05) is 0 Å². The van der Waals surface area contributed by atoms with Crippen molar-refractivity contribution in [1.29, 1.82) is 0 Å². The van der Waals surface area contributed by atoms with Crippen LogP contribution in [0.1, 0.15) is 24.2 Å². The number of carbonyl (C=O) groups excluding carboxylic acids is 1. The van der Waals surface area contributed by atoms with Gasteiger partial charge in [0.2, 0.25) is 0 Å². The number of halogens is 2. The van der Waals surface area contributed by atoms with Crippen LogP contribution in [0.5, 0.6) is 0 Å². The third-order valence-electron chi connectivity index (χ3n) is 1.44. The summed E-state index contributed by atoms with van der Waals surface area (Å²) in [6.07, 6.45) is -0.0970. The van der Waals surface area contributed by atoms with Crippen LogP contribution in [0.3, 0.4) is 0 Å². The van der Waals surface area contributed by atoms with Crippen LogP contribution in [0.2, 0.25) is 0 Å². The Morgan fingerprint density at radius 3 is 2.14 bits per heavy atom. The molecule has 1 rings (SSSR count). The Bertz CT molecular complexity index is 328. The van der Waals surface area contributed by atoms with Gasteiger partial charge in [0, 0.05) is 8.95 Å². The Labute approximate surface area is 99.9 Å². The van der Waals surface area contributed by atoms with E-state index in [0.29, 0.717) is 5.56 Å². The van der Waals surface area contributed by atoms with E-state index in [1.54, 1.807) is 12.1 Å². The van der Waals surface area contributed by atoms with Crippen LogP contribution >= 0.6 is 31.9 Å². The van der Waals surface area contributed by atoms with E-state index in [1.807, 2.05) is 19.9 Å². The number of ether oxygens (including phenoxy) is 1. The van der Waals surface area contributed by atoms with E-state index in [2.05, 4.69) is 31.9 Å². The molecule has 0 fully saturated rings. The van der Waals surface area contributed by atoms with Crippen LogP contribution in [0.4, 0.5) is 0 Å². The Morgan fingerprint density at radius 2 is 1.71 bits per heavy atom. The number of esters is 1. The molecular formula is C10H10Br2O2. The van der Waals surface area contributed by atoms with Crippen molar-refractivity contribution in [3.63, 3.8) is 0 Å². The van der Waals surface area contributed by atoms with E-state index < -0.39 is 0 Å². The standard InChI is InChI=1S/C10H10Br2O2/c1-6(2)14-10(13)7-3-8(11)5-9(12)4-7/h3-6H,1-2H3. The highest BCUT2D eigenvalue weighted by Gasteiger charge is 2.10. The van der Waals surface area contributed by atoms with Gasteiger partial charge >= 0.3 is 5.97 Å². The Balaban J connectivity index is 2.90. The van der Waals surface area contributed by atoms with Crippen molar-refractivity contribution in [3.8, 4) is 0 Å². The fraction of sp³-hybridized carbons (Fsp3) is 0.300. The van der Waals surface area contributed by atoms with E-state index >= 15 is 0 Å². The largest absolute Gasteiger partial charge is 0.459 e. The molecule has 2 nitrogen and oxygen atoms in total. The smallest absolute Gasteiger partial charge is 0.338 e. The number of hydrogen-bond acceptors (Lipinski definition) is 2. The molecular weight excluding hydrogens is 312 g/mol. The molecule has 0 aliphatic carbocycles. The summed E-state index contributed by atoms with van der Waals surface area (Å²) in [5.74, 6) is -0.304. The maximum atomic E-state index is 11.5. The van der Waals surface area contributed by atoms with Crippen LogP contribution in [0, 0.1) is 0 Å². The minimum atomic E-state index is -0.304. The molecule has 0 bridgehead atoms. The second-order valence-corrected chi connectivity index (χ2v) is 4.94. The van der Waals surface area contributed by atoms with Crippen LogP contribution < -0.4 is 0 Å². The number of rotatable bonds is 2. The maximum Gasteiger partial charge on any atom is 0.338 e. The molecule has 0 saturated heterocycles. The molecule has 0 radical (unpaired) electrons. The van der Waals surface area contributed by atoms with Gasteiger partial charge in [0.25, 0.3) is 0 Å². The summed E-state index contributed by atoms with van der Waals surface area (Å²) in [6, 6.07) is 5.33. The average molecular weight is 322 g/mol. The lowest BCUT2D eigenvalue weighted by atomic mass is 10.2. The van der Waals surface area contributed by atoms with E-state index in [9.17, 15) is 4.79 Å². The first-order chi connectivity index (χ1) is 6.49. The zero-order valence-corrected chi connectivity index (χ0v) is 11.1. The molecule has 0 aliphatic heterocycles. The molecule has 0 atom stereocenters. The van der Waals surface area contributed by atoms with Crippen molar-refractivity contribution in [3.05, 3.63) is 32.7 Å². The second-order valence-electron chi connectivity index (χ2n) is 3.11. The topological polar surface area (TPSA) is 26.3 Å². The predicted molar refractivity (Wildman–Crippen MR) is 62.4 cm³/mol. The highest BCUT2D eigenvalue weighted by molar-refractivity contribution is 9.11. The molecule has 0 aliphatic rings. The quantitative estimate of drug-likeness (QED) is 0.775. The summed E-state index contributed by atoms with van der Waals surface area (Å²) in [5.41, 5.74) is 0.542. The van der Waals surface area contributed by atoms with Crippen molar-refractivity contribution in [2.45, 2.75) is 20.0 Å². The predicted octanol–water partition coefficient (Wildman–Crippen LogP) is 3.78. The lowest BCUT2D eigenvalue weighted by Gasteiger charge is -2.08. The fourth-order valence-corrected chi connectivity index (χ4v) is 2.25. The van der Waals surface area contributed by atoms with E-state index in [0.717, 1.165) is 8.95 Å². The van der Waals surface area contributed by atoms with Gasteiger partial charge in [-0.25, -0.2) is 4.79 Å². The van der Waals surface area contributed by atoms with Gasteiger partial charge in [0.1, 0.15) is 0 Å². The van der Waals surface area contributed by atoms with Crippen molar-refractivity contribution in [1.82, 2.24) is 0 Å². The monoisotopic (exact) mass is 320 g/mol. The molecule has 76 valence electrons. The average Bonchev–Trinajstić information content (AvgIpc) is 2.00. The van der Waals surface area contributed by atoms with Crippen LogP contribution in [-0.4, -0.2) is 12.1 Å². The highest BCUT2D eigenvalue weighted by atomic mass is 79.9. The van der Waals surface area contributed by atoms with Crippen LogP contribution in [-0.2, 0) is 4.74 Å². The number of carbonyl (C=O) groups is 1. The van der Waals surface area contributed by atoms with Gasteiger partial charge < -0.3 is 4.74 Å². The Morgan fingerprint density at radius 1 is 1.21 bits per heavy atom. The molecule has 0 spiro atoms. The molecule has 0 saturated carbocycles. The normalized spacial score (nSPS) is 10.4. The maximum absolute atomic E-state index is 11.5. The fourth-order valence-electron chi connectivity index (χ4n) is 0.954. The lowest BCUT2D eigenvalue weighted by Crippen LogP contribution is -2.11. The Kier molecular flexibility index (Phi) is 4.13. The summed E-state index contributed by atoms with van der Waals surface area (Å²) >= 11 is 6.62. The molecule has 4 heteroatoms. The van der Waals surface area contributed by atoms with E-state index in [1.165, 1.54) is 0 Å². The molecule has 14 heavy (non-hydrogen) atoms. The number of benzene rings is 1. The Hall–Kier alpha value is -0.350. The van der Waals surface area contributed by atoms with E-state index in [4.69, 9.17) is 4.74 Å². The van der Waals surface area contributed by atoms with Crippen LogP contribution in [0.25, 0.3) is 0 Å². The molecule has 0 heterocycles. The van der Waals surface area contributed by atoms with Gasteiger partial charge in [-0.3, -0.25) is 0 Å². The molecule has 1 aromatic rings. The van der Waals surface area contributed by atoms with E-state index in [-0.39, 0.29) is 12.1 Å². The van der Waals surface area contributed by atoms with Gasteiger partial charge in [-0.1, -0.05) is 31.9 Å². The zero-order chi connectivity index (χ0) is 10.7. The minimum absolute atomic E-state index is 0.0970. The first-order valence-corrected chi connectivity index (χ1v) is 5.74. The van der Waals surface area contributed by atoms with Crippen LogP contribution in [0.15, 0.2) is 27.1 Å². The first kappa shape index (κ1) is 11.7. The lowest BCUT2D eigenvalue weighted by molar-refractivity contribution is 0.0378. The summed E-state index contributed by atoms with van der Waals surface area (Å²) in [5, 5.41) is 0. The number of hydrogen-bond donors (Lipinski definition) is 0. The molecule has 0 aromatic heterocycles. The summed E-state index contributed by atoms with van der Waals surface area (Å²) < 4.78 is 6.76. The second kappa shape index (κ2) is 4.94. The summed E-state index contributed by atoms with van der Waals surface area (Å²) in [4.78, 5) is 11.5. The van der Waals surface area contributed by atoms with Gasteiger partial charge in [0.15, 0.2) is 0 Å². The van der Waals surface area contributed by atoms with Crippen molar-refractivity contribution in [2.24, 2.45) is 0 Å². The van der Waals surface area contributed by atoms with Gasteiger partial charge in [-0.05, 0) is 32.0 Å². The molecule has 0 N–H and O–H groups in total. The molecule has 1 aromatic carbocycles. The highest BCUT2D eigenvalue weighted by Crippen LogP contribution is 2.20. The SMILES string of the molecule is CC(C)OC(=O)c1cc(Br)cc(Br)c1. The third-order valence-corrected chi connectivity index (χ3v) is 2.36. The molecule has 0 unspecified atom stereocenters. The van der Waals surface area contributed by atoms with Gasteiger partial charge in [-0.2, -0.15) is 0 Å². The first-order valence-electron chi connectivity index (χ1n) is 4.16. The minimum Gasteiger partial charge on any atom is -0.459 e. The zero-order valence-electron chi connectivity index (χ0n) is 7.88. The summed E-state index contributed by atoms with van der Waals surface area (Å²) in [6.45, 7) is 3.65. The summed E-state index contributed by atoms with van der Waals surface area (Å²) in [7, 11) is 0. The third kappa shape index (κ3) is 3.42. The molecule has 0 amide bonds. The van der Waals surface area contributed by atoms with Crippen molar-refractivity contribution < 1.29 is 9.53 Å².